The highest BCUT2D eigenvalue weighted by molar-refractivity contribution is 6.30. The van der Waals surface area contributed by atoms with Gasteiger partial charge in [-0.25, -0.2) is 9.97 Å². The Morgan fingerprint density at radius 3 is 2.86 bits per heavy atom. The van der Waals surface area contributed by atoms with Crippen LogP contribution in [0.25, 0.3) is 11.3 Å². The number of hydrogen-bond donors (Lipinski definition) is 1. The van der Waals surface area contributed by atoms with E-state index in [1.165, 1.54) is 0 Å². The van der Waals surface area contributed by atoms with Gasteiger partial charge in [-0.3, -0.25) is 4.98 Å². The molecule has 0 saturated carbocycles. The average Bonchev–Trinajstić information content (AvgIpc) is 2.71. The van der Waals surface area contributed by atoms with Gasteiger partial charge in [0, 0.05) is 28.7 Å². The first-order valence-corrected chi connectivity index (χ1v) is 9.09. The van der Waals surface area contributed by atoms with E-state index in [4.69, 9.17) is 16.9 Å². The maximum absolute atomic E-state index is 8.55. The topological polar surface area (TPSA) is 99.2 Å². The number of nitrogens with one attached hydrogen (secondary N) is 1. The molecule has 0 amide bonds. The molecule has 0 saturated heterocycles. The van der Waals surface area contributed by atoms with Crippen molar-refractivity contribution in [3.05, 3.63) is 65.6 Å². The van der Waals surface area contributed by atoms with Gasteiger partial charge in [0.15, 0.2) is 0 Å². The fraction of sp³-hybridized carbons (Fsp3) is 0.200. The fourth-order valence-corrected chi connectivity index (χ4v) is 2.64. The van der Waals surface area contributed by atoms with Crippen LogP contribution in [0.4, 0.5) is 11.6 Å². The van der Waals surface area contributed by atoms with Crippen molar-refractivity contribution in [1.29, 1.82) is 5.26 Å². The Hall–Kier alpha value is -3.37. The third-order valence-electron chi connectivity index (χ3n) is 3.82. The number of rotatable bonds is 7. The molecule has 1 atom stereocenters. The number of aromatic nitrogens is 3. The van der Waals surface area contributed by atoms with Crippen LogP contribution < -0.4 is 5.32 Å². The highest BCUT2D eigenvalue weighted by Crippen LogP contribution is 2.24. The minimum Gasteiger partial charge on any atom is -0.324 e. The second-order valence-electron chi connectivity index (χ2n) is 5.93. The first kappa shape index (κ1) is 19.4. The normalized spacial score (nSPS) is 11.9. The second-order valence-corrected chi connectivity index (χ2v) is 6.37. The summed E-state index contributed by atoms with van der Waals surface area (Å²) < 4.78 is 0. The minimum absolute atomic E-state index is 0.204. The summed E-state index contributed by atoms with van der Waals surface area (Å²) in [4.78, 5) is 13.2. The van der Waals surface area contributed by atoms with E-state index in [9.17, 15) is 0 Å². The molecule has 2 heterocycles. The Bertz CT molecular complexity index is 1010. The van der Waals surface area contributed by atoms with Crippen molar-refractivity contribution in [3.63, 3.8) is 0 Å². The molecule has 3 rings (SSSR count). The monoisotopic (exact) mass is 391 g/mol. The lowest BCUT2D eigenvalue weighted by Gasteiger charge is -2.09. The third-order valence-corrected chi connectivity index (χ3v) is 4.05. The van der Waals surface area contributed by atoms with Crippen molar-refractivity contribution in [1.82, 2.24) is 15.0 Å². The quantitative estimate of drug-likeness (QED) is 0.431. The number of anilines is 2. The predicted octanol–water partition coefficient (Wildman–Crippen LogP) is 5.36. The van der Waals surface area contributed by atoms with E-state index in [0.717, 1.165) is 22.6 Å². The van der Waals surface area contributed by atoms with E-state index in [1.807, 2.05) is 43.3 Å². The number of pyridine rings is 1. The van der Waals surface area contributed by atoms with E-state index in [1.54, 1.807) is 24.5 Å². The number of azo groups is 1. The Morgan fingerprint density at radius 1 is 1.18 bits per heavy atom. The van der Waals surface area contributed by atoms with Gasteiger partial charge in [-0.2, -0.15) is 15.5 Å². The van der Waals surface area contributed by atoms with Gasteiger partial charge in [0.25, 0.3) is 0 Å². The number of nitrogens with zero attached hydrogens (tertiary/aromatic N) is 6. The molecule has 0 fully saturated rings. The van der Waals surface area contributed by atoms with E-state index < -0.39 is 0 Å². The number of nitriles is 1. The number of benzene rings is 1. The van der Waals surface area contributed by atoms with Crippen molar-refractivity contribution in [2.75, 3.05) is 11.9 Å². The lowest BCUT2D eigenvalue weighted by Crippen LogP contribution is -1.99. The summed E-state index contributed by atoms with van der Waals surface area (Å²) in [7, 11) is 0. The summed E-state index contributed by atoms with van der Waals surface area (Å²) in [6.07, 6.45) is 3.77. The van der Waals surface area contributed by atoms with E-state index >= 15 is 0 Å². The third kappa shape index (κ3) is 5.32. The van der Waals surface area contributed by atoms with Crippen LogP contribution in [0.2, 0.25) is 5.02 Å². The van der Waals surface area contributed by atoms with E-state index in [-0.39, 0.29) is 6.04 Å². The van der Waals surface area contributed by atoms with Crippen LogP contribution in [0.5, 0.6) is 0 Å². The van der Waals surface area contributed by atoms with Crippen LogP contribution in [0.1, 0.15) is 25.1 Å². The molecule has 140 valence electrons. The zero-order valence-corrected chi connectivity index (χ0v) is 16.0. The van der Waals surface area contributed by atoms with Gasteiger partial charge in [0.05, 0.1) is 30.4 Å². The molecular formula is C20H18ClN7. The van der Waals surface area contributed by atoms with Gasteiger partial charge in [-0.15, -0.1) is 0 Å². The average molecular weight is 392 g/mol. The molecule has 28 heavy (non-hydrogen) atoms. The van der Waals surface area contributed by atoms with E-state index in [0.29, 0.717) is 23.9 Å². The highest BCUT2D eigenvalue weighted by atomic mass is 35.5. The summed E-state index contributed by atoms with van der Waals surface area (Å²) in [6.45, 7) is 2.30. The molecule has 2 aromatic heterocycles. The zero-order valence-electron chi connectivity index (χ0n) is 15.2. The van der Waals surface area contributed by atoms with Gasteiger partial charge in [0.2, 0.25) is 5.95 Å². The van der Waals surface area contributed by atoms with Crippen molar-refractivity contribution in [3.8, 4) is 17.3 Å². The molecule has 3 aromatic rings. The Kier molecular flexibility index (Phi) is 6.60. The lowest BCUT2D eigenvalue weighted by atomic mass is 10.1. The second kappa shape index (κ2) is 9.53. The highest BCUT2D eigenvalue weighted by Gasteiger charge is 2.09. The largest absolute Gasteiger partial charge is 0.324 e. The fourth-order valence-electron chi connectivity index (χ4n) is 2.45. The first-order valence-electron chi connectivity index (χ1n) is 8.71. The van der Waals surface area contributed by atoms with Crippen molar-refractivity contribution < 1.29 is 0 Å². The lowest BCUT2D eigenvalue weighted by molar-refractivity contribution is 0.702. The molecule has 1 unspecified atom stereocenters. The molecule has 1 aromatic carbocycles. The Labute approximate surface area is 168 Å². The maximum atomic E-state index is 8.55. The van der Waals surface area contributed by atoms with Gasteiger partial charge in [0.1, 0.15) is 6.04 Å². The molecular weight excluding hydrogens is 374 g/mol. The smallest absolute Gasteiger partial charge is 0.227 e. The summed E-state index contributed by atoms with van der Waals surface area (Å²) >= 11 is 6.02. The van der Waals surface area contributed by atoms with Gasteiger partial charge < -0.3 is 5.32 Å². The van der Waals surface area contributed by atoms with Gasteiger partial charge in [-0.05, 0) is 43.3 Å². The summed E-state index contributed by atoms with van der Waals surface area (Å²) in [5, 5.41) is 20.6. The van der Waals surface area contributed by atoms with Crippen LogP contribution in [0.3, 0.4) is 0 Å². The van der Waals surface area contributed by atoms with Crippen molar-refractivity contribution in [2.24, 2.45) is 10.2 Å². The molecule has 0 aliphatic heterocycles. The Morgan fingerprint density at radius 2 is 2.04 bits per heavy atom. The summed E-state index contributed by atoms with van der Waals surface area (Å²) in [5.41, 5.74) is 3.25. The summed E-state index contributed by atoms with van der Waals surface area (Å²) in [6, 6.07) is 14.8. The predicted molar refractivity (Wildman–Crippen MR) is 108 cm³/mol. The van der Waals surface area contributed by atoms with Crippen LogP contribution >= 0.6 is 11.6 Å². The number of halogens is 1. The molecule has 1 N–H and O–H groups in total. The molecule has 0 spiro atoms. The maximum Gasteiger partial charge on any atom is 0.227 e. The molecule has 7 nitrogen and oxygen atoms in total. The SMILES string of the molecule is CC(N=NCCC#N)c1cc(-c2ccnc(Nc3cccc(Cl)c3)n2)ccn1. The van der Waals surface area contributed by atoms with Crippen molar-refractivity contribution >= 4 is 23.2 Å². The van der Waals surface area contributed by atoms with Crippen LogP contribution in [0, 0.1) is 11.3 Å². The minimum atomic E-state index is -0.204. The zero-order chi connectivity index (χ0) is 19.8. The summed E-state index contributed by atoms with van der Waals surface area (Å²) in [5.74, 6) is 0.474. The first-order chi connectivity index (χ1) is 13.7. The van der Waals surface area contributed by atoms with Gasteiger partial charge in [-0.1, -0.05) is 17.7 Å². The molecule has 0 bridgehead atoms. The van der Waals surface area contributed by atoms with E-state index in [2.05, 4.69) is 30.5 Å². The van der Waals surface area contributed by atoms with Crippen molar-refractivity contribution in [2.45, 2.75) is 19.4 Å². The molecule has 0 aliphatic carbocycles. The van der Waals surface area contributed by atoms with Crippen LogP contribution in [-0.4, -0.2) is 21.5 Å². The molecule has 8 heteroatoms. The van der Waals surface area contributed by atoms with Gasteiger partial charge >= 0.3 is 0 Å². The Balaban J connectivity index is 1.78. The molecule has 0 aliphatic rings. The van der Waals surface area contributed by atoms with Crippen LogP contribution in [0.15, 0.2) is 65.1 Å². The standard InChI is InChI=1S/C20H18ClN7/c1-14(28-25-9-3-8-22)19-12-15(6-10-23-19)18-7-11-24-20(27-18)26-17-5-2-4-16(21)13-17/h2,4-7,10-14H,3,9H2,1H3,(H,24,26,27). The molecule has 0 radical (unpaired) electrons. The number of hydrogen-bond acceptors (Lipinski definition) is 7. The van der Waals surface area contributed by atoms with Crippen LogP contribution in [-0.2, 0) is 0 Å².